The van der Waals surface area contributed by atoms with Crippen molar-refractivity contribution in [1.82, 2.24) is 4.90 Å². The largest absolute Gasteiger partial charge is 0.464 e. The summed E-state index contributed by atoms with van der Waals surface area (Å²) in [6.07, 6.45) is 19.1. The maximum absolute atomic E-state index is 12.1. The molecule has 1 amide bonds. The second-order valence-electron chi connectivity index (χ2n) is 8.52. The van der Waals surface area contributed by atoms with Gasteiger partial charge >= 0.3 is 12.1 Å². The van der Waals surface area contributed by atoms with E-state index in [1.807, 2.05) is 0 Å². The fraction of sp³-hybridized carbons (Fsp3) is 0.920. The number of rotatable bonds is 20. The van der Waals surface area contributed by atoms with Gasteiger partial charge in [0.05, 0.1) is 13.2 Å². The number of amides is 1. The Hall–Kier alpha value is -1.26. The molecule has 0 heterocycles. The van der Waals surface area contributed by atoms with E-state index < -0.39 is 12.1 Å². The fourth-order valence-electron chi connectivity index (χ4n) is 3.34. The number of ether oxygens (including phenoxy) is 2. The first-order valence-electron chi connectivity index (χ1n) is 12.6. The molecule has 0 aromatic heterocycles. The summed E-state index contributed by atoms with van der Waals surface area (Å²) in [6, 6.07) is -0.620. The van der Waals surface area contributed by atoms with Crippen molar-refractivity contribution in [2.75, 3.05) is 20.3 Å². The van der Waals surface area contributed by atoms with Crippen molar-refractivity contribution in [3.63, 3.8) is 0 Å². The predicted octanol–water partition coefficient (Wildman–Crippen LogP) is 7.27. The lowest BCUT2D eigenvalue weighted by atomic mass is 10.1. The molecule has 0 saturated carbocycles. The summed E-state index contributed by atoms with van der Waals surface area (Å²) in [7, 11) is 1.59. The monoisotopic (exact) mass is 427 g/mol. The minimum atomic E-state index is -0.620. The Balaban J connectivity index is 3.60. The van der Waals surface area contributed by atoms with Crippen LogP contribution in [0.1, 0.15) is 124 Å². The molecule has 1 atom stereocenters. The summed E-state index contributed by atoms with van der Waals surface area (Å²) in [5.74, 6) is -0.358. The van der Waals surface area contributed by atoms with E-state index in [1.165, 1.54) is 69.1 Å². The van der Waals surface area contributed by atoms with Crippen LogP contribution in [-0.2, 0) is 14.3 Å². The number of hydrogen-bond acceptors (Lipinski definition) is 4. The minimum absolute atomic E-state index is 0.358. The van der Waals surface area contributed by atoms with Crippen LogP contribution in [0.5, 0.6) is 0 Å². The maximum Gasteiger partial charge on any atom is 0.410 e. The highest BCUT2D eigenvalue weighted by atomic mass is 16.6. The van der Waals surface area contributed by atoms with Crippen LogP contribution in [0, 0.1) is 0 Å². The number of likely N-dealkylation sites (N-methyl/N-ethyl adjacent to an activating group) is 1. The molecule has 30 heavy (non-hydrogen) atoms. The molecule has 0 aliphatic carbocycles. The maximum atomic E-state index is 12.1. The van der Waals surface area contributed by atoms with Crippen LogP contribution in [0.15, 0.2) is 0 Å². The van der Waals surface area contributed by atoms with Crippen LogP contribution in [0.3, 0.4) is 0 Å². The summed E-state index contributed by atoms with van der Waals surface area (Å²) in [4.78, 5) is 25.5. The van der Waals surface area contributed by atoms with Crippen LogP contribution in [0.2, 0.25) is 0 Å². The summed E-state index contributed by atoms with van der Waals surface area (Å²) in [5, 5.41) is 0. The number of esters is 1. The normalized spacial score (nSPS) is 11.9. The molecule has 0 radical (unpaired) electrons. The molecule has 1 unspecified atom stereocenters. The Kier molecular flexibility index (Phi) is 20.1. The molecule has 0 aromatic rings. The van der Waals surface area contributed by atoms with Gasteiger partial charge in [0.1, 0.15) is 6.04 Å². The Morgan fingerprint density at radius 2 is 1.00 bits per heavy atom. The van der Waals surface area contributed by atoms with E-state index in [-0.39, 0.29) is 5.97 Å². The van der Waals surface area contributed by atoms with E-state index in [0.717, 1.165) is 38.5 Å². The van der Waals surface area contributed by atoms with Gasteiger partial charge in [-0.05, 0) is 19.8 Å². The zero-order chi connectivity index (χ0) is 22.5. The molecule has 0 saturated heterocycles. The Morgan fingerprint density at radius 1 is 0.633 bits per heavy atom. The Bertz CT molecular complexity index is 414. The second kappa shape index (κ2) is 21.0. The molecule has 5 heteroatoms. The summed E-state index contributed by atoms with van der Waals surface area (Å²) < 4.78 is 10.6. The quantitative estimate of drug-likeness (QED) is 0.151. The number of carbonyl (C=O) groups is 2. The van der Waals surface area contributed by atoms with E-state index in [1.54, 1.807) is 14.0 Å². The average molecular weight is 428 g/mol. The van der Waals surface area contributed by atoms with Gasteiger partial charge in [0.2, 0.25) is 0 Å². The third-order valence-corrected chi connectivity index (χ3v) is 5.68. The lowest BCUT2D eigenvalue weighted by Gasteiger charge is -2.22. The van der Waals surface area contributed by atoms with E-state index >= 15 is 0 Å². The van der Waals surface area contributed by atoms with Gasteiger partial charge in [0.15, 0.2) is 0 Å². The highest BCUT2D eigenvalue weighted by molar-refractivity contribution is 5.80. The lowest BCUT2D eigenvalue weighted by molar-refractivity contribution is -0.148. The third-order valence-electron chi connectivity index (χ3n) is 5.68. The smallest absolute Gasteiger partial charge is 0.410 e. The first-order valence-corrected chi connectivity index (χ1v) is 12.6. The van der Waals surface area contributed by atoms with Crippen molar-refractivity contribution in [3.8, 4) is 0 Å². The predicted molar refractivity (Wildman–Crippen MR) is 125 cm³/mol. The lowest BCUT2D eigenvalue weighted by Crippen LogP contribution is -2.41. The fourth-order valence-corrected chi connectivity index (χ4v) is 3.34. The number of hydrogen-bond donors (Lipinski definition) is 0. The van der Waals surface area contributed by atoms with Gasteiger partial charge < -0.3 is 9.47 Å². The average Bonchev–Trinajstić information content (AvgIpc) is 2.75. The van der Waals surface area contributed by atoms with Gasteiger partial charge in [-0.15, -0.1) is 0 Å². The highest BCUT2D eigenvalue weighted by Crippen LogP contribution is 2.12. The zero-order valence-corrected chi connectivity index (χ0v) is 20.4. The third kappa shape index (κ3) is 16.5. The molecule has 0 aliphatic heterocycles. The van der Waals surface area contributed by atoms with Crippen LogP contribution >= 0.6 is 0 Å². The highest BCUT2D eigenvalue weighted by Gasteiger charge is 2.24. The van der Waals surface area contributed by atoms with E-state index in [4.69, 9.17) is 9.47 Å². The molecule has 0 rings (SSSR count). The van der Waals surface area contributed by atoms with Crippen molar-refractivity contribution in [2.45, 2.75) is 130 Å². The Labute approximate surface area is 186 Å². The van der Waals surface area contributed by atoms with Gasteiger partial charge in [0, 0.05) is 7.05 Å². The van der Waals surface area contributed by atoms with Crippen molar-refractivity contribution in [3.05, 3.63) is 0 Å². The number of carbonyl (C=O) groups excluding carboxylic acids is 2. The van der Waals surface area contributed by atoms with Crippen molar-refractivity contribution < 1.29 is 19.1 Å². The van der Waals surface area contributed by atoms with Crippen LogP contribution in [-0.4, -0.2) is 43.3 Å². The molecular weight excluding hydrogens is 378 g/mol. The SMILES string of the molecule is CCCCCCCCCCCCCCOC(=O)C(C)N(C)C(=O)OCCCCCC. The van der Waals surface area contributed by atoms with E-state index in [9.17, 15) is 9.59 Å². The van der Waals surface area contributed by atoms with Crippen LogP contribution in [0.25, 0.3) is 0 Å². The van der Waals surface area contributed by atoms with Crippen molar-refractivity contribution in [1.29, 1.82) is 0 Å². The summed E-state index contributed by atoms with van der Waals surface area (Å²) in [6.45, 7) is 6.92. The van der Waals surface area contributed by atoms with Crippen molar-refractivity contribution >= 4 is 12.1 Å². The zero-order valence-electron chi connectivity index (χ0n) is 20.4. The van der Waals surface area contributed by atoms with Gasteiger partial charge in [-0.3, -0.25) is 4.90 Å². The summed E-state index contributed by atoms with van der Waals surface area (Å²) in [5.41, 5.74) is 0. The molecule has 0 aromatic carbocycles. The second-order valence-corrected chi connectivity index (χ2v) is 8.52. The van der Waals surface area contributed by atoms with Gasteiger partial charge in [-0.2, -0.15) is 0 Å². The standard InChI is InChI=1S/C25H49NO4/c1-5-7-9-11-12-13-14-15-16-17-18-20-21-29-24(27)23(3)26(4)25(28)30-22-19-10-8-6-2/h23H,5-22H2,1-4H3. The van der Waals surface area contributed by atoms with Crippen LogP contribution in [0.4, 0.5) is 4.79 Å². The molecular formula is C25H49NO4. The molecule has 178 valence electrons. The molecule has 0 aliphatic rings. The number of unbranched alkanes of at least 4 members (excludes halogenated alkanes) is 14. The topological polar surface area (TPSA) is 55.8 Å². The molecule has 0 fully saturated rings. The van der Waals surface area contributed by atoms with Gasteiger partial charge in [0.25, 0.3) is 0 Å². The molecule has 0 N–H and O–H groups in total. The first kappa shape index (κ1) is 28.7. The first-order chi connectivity index (χ1) is 14.5. The van der Waals surface area contributed by atoms with Crippen LogP contribution < -0.4 is 0 Å². The van der Waals surface area contributed by atoms with Gasteiger partial charge in [-0.25, -0.2) is 9.59 Å². The van der Waals surface area contributed by atoms with Gasteiger partial charge in [-0.1, -0.05) is 104 Å². The minimum Gasteiger partial charge on any atom is -0.464 e. The Morgan fingerprint density at radius 3 is 1.47 bits per heavy atom. The van der Waals surface area contributed by atoms with Crippen molar-refractivity contribution in [2.24, 2.45) is 0 Å². The molecule has 0 bridgehead atoms. The molecule has 5 nitrogen and oxygen atoms in total. The van der Waals surface area contributed by atoms with E-state index in [0.29, 0.717) is 13.2 Å². The van der Waals surface area contributed by atoms with E-state index in [2.05, 4.69) is 13.8 Å². The summed E-state index contributed by atoms with van der Waals surface area (Å²) >= 11 is 0. The number of nitrogens with zero attached hydrogens (tertiary/aromatic N) is 1. The molecule has 0 spiro atoms.